The first-order valence-electron chi connectivity index (χ1n) is 5.12. The SMILES string of the molecule is C[C@H](NC(=O)OC(C)(C)C)C(=O)OCCN. The van der Waals surface area contributed by atoms with Gasteiger partial charge >= 0.3 is 12.1 Å². The van der Waals surface area contributed by atoms with Gasteiger partial charge in [-0.25, -0.2) is 9.59 Å². The van der Waals surface area contributed by atoms with Crippen molar-refractivity contribution < 1.29 is 19.1 Å². The molecule has 16 heavy (non-hydrogen) atoms. The van der Waals surface area contributed by atoms with E-state index in [1.54, 1.807) is 20.8 Å². The molecular weight excluding hydrogens is 212 g/mol. The van der Waals surface area contributed by atoms with Gasteiger partial charge in [0.15, 0.2) is 0 Å². The Kier molecular flexibility index (Phi) is 5.81. The summed E-state index contributed by atoms with van der Waals surface area (Å²) >= 11 is 0. The average molecular weight is 232 g/mol. The number of hydrogen-bond acceptors (Lipinski definition) is 5. The molecule has 0 aromatic carbocycles. The summed E-state index contributed by atoms with van der Waals surface area (Å²) < 4.78 is 9.73. The molecule has 0 saturated heterocycles. The smallest absolute Gasteiger partial charge is 0.408 e. The molecule has 0 bridgehead atoms. The van der Waals surface area contributed by atoms with Gasteiger partial charge in [0.2, 0.25) is 0 Å². The van der Waals surface area contributed by atoms with Crippen molar-refractivity contribution in [3.63, 3.8) is 0 Å². The van der Waals surface area contributed by atoms with Gasteiger partial charge in [0.1, 0.15) is 18.2 Å². The Balaban J connectivity index is 3.99. The minimum absolute atomic E-state index is 0.138. The number of rotatable bonds is 4. The lowest BCUT2D eigenvalue weighted by Crippen LogP contribution is -2.42. The zero-order valence-electron chi connectivity index (χ0n) is 10.2. The molecule has 6 nitrogen and oxygen atoms in total. The van der Waals surface area contributed by atoms with Crippen LogP contribution in [0.3, 0.4) is 0 Å². The molecule has 0 heterocycles. The van der Waals surface area contributed by atoms with E-state index in [9.17, 15) is 9.59 Å². The highest BCUT2D eigenvalue weighted by Crippen LogP contribution is 2.06. The number of nitrogens with one attached hydrogen (secondary N) is 1. The normalized spacial score (nSPS) is 12.8. The van der Waals surface area contributed by atoms with E-state index >= 15 is 0 Å². The van der Waals surface area contributed by atoms with E-state index in [2.05, 4.69) is 5.32 Å². The zero-order valence-corrected chi connectivity index (χ0v) is 10.2. The Morgan fingerprint density at radius 2 is 1.94 bits per heavy atom. The molecular formula is C10H20N2O4. The topological polar surface area (TPSA) is 90.6 Å². The van der Waals surface area contributed by atoms with Gasteiger partial charge in [0.05, 0.1) is 0 Å². The third-order valence-electron chi connectivity index (χ3n) is 1.45. The fraction of sp³-hybridized carbons (Fsp3) is 0.800. The monoisotopic (exact) mass is 232 g/mol. The molecule has 6 heteroatoms. The average Bonchev–Trinajstić information content (AvgIpc) is 2.10. The van der Waals surface area contributed by atoms with Gasteiger partial charge in [-0.3, -0.25) is 0 Å². The summed E-state index contributed by atoms with van der Waals surface area (Å²) in [6.45, 7) is 7.13. The first kappa shape index (κ1) is 14.7. The van der Waals surface area contributed by atoms with Gasteiger partial charge in [-0.2, -0.15) is 0 Å². The van der Waals surface area contributed by atoms with Crippen LogP contribution in [0.1, 0.15) is 27.7 Å². The number of nitrogens with two attached hydrogens (primary N) is 1. The van der Waals surface area contributed by atoms with Crippen LogP contribution in [0.5, 0.6) is 0 Å². The summed E-state index contributed by atoms with van der Waals surface area (Å²) in [6.07, 6.45) is -0.648. The van der Waals surface area contributed by atoms with Crippen molar-refractivity contribution in [2.75, 3.05) is 13.2 Å². The fourth-order valence-corrected chi connectivity index (χ4v) is 0.828. The van der Waals surface area contributed by atoms with Crippen LogP contribution in [0.15, 0.2) is 0 Å². The Hall–Kier alpha value is -1.30. The number of carbonyl (C=O) groups is 2. The van der Waals surface area contributed by atoms with E-state index in [1.807, 2.05) is 0 Å². The Morgan fingerprint density at radius 3 is 2.38 bits per heavy atom. The van der Waals surface area contributed by atoms with Crippen molar-refractivity contribution >= 4 is 12.1 Å². The predicted octanol–water partition coefficient (Wildman–Crippen LogP) is 0.402. The lowest BCUT2D eigenvalue weighted by molar-refractivity contribution is -0.145. The van der Waals surface area contributed by atoms with Gasteiger partial charge in [-0.1, -0.05) is 0 Å². The minimum atomic E-state index is -0.749. The van der Waals surface area contributed by atoms with Crippen LogP contribution in [-0.2, 0) is 14.3 Å². The van der Waals surface area contributed by atoms with Crippen molar-refractivity contribution in [3.8, 4) is 0 Å². The first-order chi connectivity index (χ1) is 7.26. The van der Waals surface area contributed by atoms with E-state index in [1.165, 1.54) is 6.92 Å². The van der Waals surface area contributed by atoms with Crippen LogP contribution in [-0.4, -0.2) is 36.9 Å². The second-order valence-electron chi connectivity index (χ2n) is 4.32. The van der Waals surface area contributed by atoms with Crippen molar-refractivity contribution in [1.29, 1.82) is 0 Å². The van der Waals surface area contributed by atoms with E-state index in [4.69, 9.17) is 15.2 Å². The van der Waals surface area contributed by atoms with Crippen molar-refractivity contribution in [1.82, 2.24) is 5.32 Å². The van der Waals surface area contributed by atoms with E-state index in [-0.39, 0.29) is 13.2 Å². The standard InChI is InChI=1S/C10H20N2O4/c1-7(8(13)15-6-5-11)12-9(14)16-10(2,3)4/h7H,5-6,11H2,1-4H3,(H,12,14)/t7-/m0/s1. The summed E-state index contributed by atoms with van der Waals surface area (Å²) in [4.78, 5) is 22.5. The number of alkyl carbamates (subject to hydrolysis) is 1. The van der Waals surface area contributed by atoms with Crippen LogP contribution in [0.25, 0.3) is 0 Å². The molecule has 0 saturated carbocycles. The second-order valence-corrected chi connectivity index (χ2v) is 4.32. The maximum atomic E-state index is 11.3. The highest BCUT2D eigenvalue weighted by molar-refractivity contribution is 5.80. The van der Waals surface area contributed by atoms with Crippen LogP contribution >= 0.6 is 0 Å². The molecule has 0 unspecified atom stereocenters. The summed E-state index contributed by atoms with van der Waals surface area (Å²) in [5.74, 6) is -0.531. The van der Waals surface area contributed by atoms with Crippen molar-refractivity contribution in [3.05, 3.63) is 0 Å². The highest BCUT2D eigenvalue weighted by Gasteiger charge is 2.21. The van der Waals surface area contributed by atoms with Gasteiger partial charge in [-0.15, -0.1) is 0 Å². The summed E-state index contributed by atoms with van der Waals surface area (Å²) in [5.41, 5.74) is 4.58. The molecule has 0 fully saturated rings. The fourth-order valence-electron chi connectivity index (χ4n) is 0.828. The van der Waals surface area contributed by atoms with Crippen LogP contribution < -0.4 is 11.1 Å². The third kappa shape index (κ3) is 7.05. The Bertz CT molecular complexity index is 248. The largest absolute Gasteiger partial charge is 0.463 e. The van der Waals surface area contributed by atoms with E-state index in [0.29, 0.717) is 0 Å². The van der Waals surface area contributed by atoms with Gasteiger partial charge in [0, 0.05) is 6.54 Å². The summed E-state index contributed by atoms with van der Waals surface area (Å²) in [5, 5.41) is 2.37. The molecule has 0 aromatic rings. The molecule has 0 aliphatic heterocycles. The first-order valence-corrected chi connectivity index (χ1v) is 5.12. The Labute approximate surface area is 95.5 Å². The summed E-state index contributed by atoms with van der Waals surface area (Å²) in [7, 11) is 0. The molecule has 0 rings (SSSR count). The van der Waals surface area contributed by atoms with Gasteiger partial charge in [-0.05, 0) is 27.7 Å². The number of ether oxygens (including phenoxy) is 2. The molecule has 94 valence electrons. The van der Waals surface area contributed by atoms with Crippen LogP contribution in [0.2, 0.25) is 0 Å². The number of hydrogen-bond donors (Lipinski definition) is 2. The molecule has 0 aliphatic rings. The molecule has 1 atom stereocenters. The molecule has 0 aliphatic carbocycles. The van der Waals surface area contributed by atoms with Crippen molar-refractivity contribution in [2.24, 2.45) is 5.73 Å². The quantitative estimate of drug-likeness (QED) is 0.685. The van der Waals surface area contributed by atoms with E-state index < -0.39 is 23.7 Å². The zero-order chi connectivity index (χ0) is 12.8. The highest BCUT2D eigenvalue weighted by atomic mass is 16.6. The van der Waals surface area contributed by atoms with Crippen molar-refractivity contribution in [2.45, 2.75) is 39.3 Å². The van der Waals surface area contributed by atoms with Gasteiger partial charge in [0.25, 0.3) is 0 Å². The predicted molar refractivity (Wildman–Crippen MR) is 58.8 cm³/mol. The molecule has 3 N–H and O–H groups in total. The Morgan fingerprint density at radius 1 is 1.38 bits per heavy atom. The maximum Gasteiger partial charge on any atom is 0.408 e. The number of esters is 1. The lowest BCUT2D eigenvalue weighted by atomic mass is 10.2. The van der Waals surface area contributed by atoms with E-state index in [0.717, 1.165) is 0 Å². The molecule has 0 spiro atoms. The van der Waals surface area contributed by atoms with Crippen LogP contribution in [0, 0.1) is 0 Å². The molecule has 0 aromatic heterocycles. The number of carbonyl (C=O) groups excluding carboxylic acids is 2. The lowest BCUT2D eigenvalue weighted by Gasteiger charge is -2.21. The minimum Gasteiger partial charge on any atom is -0.463 e. The summed E-state index contributed by atoms with van der Waals surface area (Å²) in [6, 6.07) is -0.749. The maximum absolute atomic E-state index is 11.3. The molecule has 1 amide bonds. The third-order valence-corrected chi connectivity index (χ3v) is 1.45. The second kappa shape index (κ2) is 6.32. The van der Waals surface area contributed by atoms with Gasteiger partial charge < -0.3 is 20.5 Å². The van der Waals surface area contributed by atoms with Crippen LogP contribution in [0.4, 0.5) is 4.79 Å². The number of amides is 1. The molecule has 0 radical (unpaired) electrons.